The Labute approximate surface area is 116 Å². The quantitative estimate of drug-likeness (QED) is 0.740. The number of hydrogen-bond donors (Lipinski definition) is 2. The van der Waals surface area contributed by atoms with E-state index in [0.717, 1.165) is 25.2 Å². The van der Waals surface area contributed by atoms with Crippen LogP contribution in [0.5, 0.6) is 0 Å². The molecule has 0 saturated carbocycles. The van der Waals surface area contributed by atoms with Crippen molar-refractivity contribution in [2.75, 3.05) is 32.7 Å². The third-order valence-corrected chi connectivity index (χ3v) is 3.38. The molecular formula is C15H25N3O. The summed E-state index contributed by atoms with van der Waals surface area (Å²) in [5.74, 6) is -0.237. The van der Waals surface area contributed by atoms with E-state index in [1.54, 1.807) is 0 Å². The number of nitrogens with zero attached hydrogens (tertiary/aromatic N) is 1. The predicted molar refractivity (Wildman–Crippen MR) is 79.0 cm³/mol. The van der Waals surface area contributed by atoms with Crippen LogP contribution in [-0.4, -0.2) is 43.5 Å². The van der Waals surface area contributed by atoms with E-state index in [2.05, 4.69) is 24.1 Å². The number of nitrogens with two attached hydrogens (primary N) is 1. The fourth-order valence-corrected chi connectivity index (χ4v) is 2.08. The van der Waals surface area contributed by atoms with Gasteiger partial charge in [-0.25, -0.2) is 0 Å². The van der Waals surface area contributed by atoms with E-state index in [-0.39, 0.29) is 11.8 Å². The van der Waals surface area contributed by atoms with Gasteiger partial charge in [0, 0.05) is 19.6 Å². The molecule has 0 aliphatic rings. The largest absolute Gasteiger partial charge is 0.354 e. The molecule has 0 aromatic heterocycles. The predicted octanol–water partition coefficient (Wildman–Crippen LogP) is 1.19. The Morgan fingerprint density at radius 2 is 1.89 bits per heavy atom. The summed E-state index contributed by atoms with van der Waals surface area (Å²) < 4.78 is 0. The highest BCUT2D eigenvalue weighted by atomic mass is 16.1. The summed E-state index contributed by atoms with van der Waals surface area (Å²) >= 11 is 0. The number of carbonyl (C=O) groups excluding carboxylic acids is 1. The van der Waals surface area contributed by atoms with Crippen LogP contribution in [0.15, 0.2) is 30.3 Å². The minimum Gasteiger partial charge on any atom is -0.354 e. The van der Waals surface area contributed by atoms with Gasteiger partial charge in [-0.05, 0) is 18.7 Å². The average molecular weight is 263 g/mol. The molecule has 1 atom stereocenters. The number of hydrogen-bond acceptors (Lipinski definition) is 3. The van der Waals surface area contributed by atoms with Gasteiger partial charge in [-0.1, -0.05) is 44.2 Å². The molecule has 4 heteroatoms. The molecule has 1 rings (SSSR count). The van der Waals surface area contributed by atoms with E-state index >= 15 is 0 Å². The van der Waals surface area contributed by atoms with Crippen LogP contribution in [0.2, 0.25) is 0 Å². The van der Waals surface area contributed by atoms with Gasteiger partial charge in [0.2, 0.25) is 5.91 Å². The third kappa shape index (κ3) is 5.01. The maximum absolute atomic E-state index is 12.1. The maximum Gasteiger partial charge on any atom is 0.228 e. The van der Waals surface area contributed by atoms with Crippen molar-refractivity contribution in [3.05, 3.63) is 35.9 Å². The number of nitrogens with one attached hydrogen (secondary N) is 1. The SMILES string of the molecule is CCN(CC)CCNC(=O)C(CN)c1ccccc1. The van der Waals surface area contributed by atoms with E-state index in [9.17, 15) is 4.79 Å². The Hall–Kier alpha value is -1.39. The molecular weight excluding hydrogens is 238 g/mol. The number of carbonyl (C=O) groups is 1. The summed E-state index contributed by atoms with van der Waals surface area (Å²) in [4.78, 5) is 14.4. The highest BCUT2D eigenvalue weighted by Gasteiger charge is 2.18. The van der Waals surface area contributed by atoms with Gasteiger partial charge >= 0.3 is 0 Å². The molecule has 0 aliphatic carbocycles. The maximum atomic E-state index is 12.1. The number of benzene rings is 1. The van der Waals surface area contributed by atoms with Crippen LogP contribution in [0.25, 0.3) is 0 Å². The Balaban J connectivity index is 2.47. The van der Waals surface area contributed by atoms with Crippen LogP contribution in [0.4, 0.5) is 0 Å². The van der Waals surface area contributed by atoms with Gasteiger partial charge in [-0.2, -0.15) is 0 Å². The van der Waals surface area contributed by atoms with Crippen LogP contribution in [0.3, 0.4) is 0 Å². The first kappa shape index (κ1) is 15.7. The normalized spacial score (nSPS) is 12.4. The summed E-state index contributed by atoms with van der Waals surface area (Å²) in [6.07, 6.45) is 0. The van der Waals surface area contributed by atoms with Crippen LogP contribution < -0.4 is 11.1 Å². The smallest absolute Gasteiger partial charge is 0.228 e. The lowest BCUT2D eigenvalue weighted by atomic mass is 9.98. The molecule has 0 spiro atoms. The van der Waals surface area contributed by atoms with Gasteiger partial charge in [0.1, 0.15) is 0 Å². The van der Waals surface area contributed by atoms with Crippen molar-refractivity contribution in [3.63, 3.8) is 0 Å². The van der Waals surface area contributed by atoms with Crippen molar-refractivity contribution in [2.24, 2.45) is 5.73 Å². The van der Waals surface area contributed by atoms with Gasteiger partial charge in [0.25, 0.3) is 0 Å². The molecule has 3 N–H and O–H groups in total. The van der Waals surface area contributed by atoms with Crippen molar-refractivity contribution in [1.82, 2.24) is 10.2 Å². The summed E-state index contributed by atoms with van der Waals surface area (Å²) in [6, 6.07) is 9.70. The molecule has 1 aromatic carbocycles. The molecule has 0 radical (unpaired) electrons. The number of likely N-dealkylation sites (N-methyl/N-ethyl adjacent to an activating group) is 1. The minimum absolute atomic E-state index is 0.0147. The van der Waals surface area contributed by atoms with Crippen LogP contribution in [0.1, 0.15) is 25.3 Å². The van der Waals surface area contributed by atoms with E-state index in [0.29, 0.717) is 13.1 Å². The minimum atomic E-state index is -0.252. The van der Waals surface area contributed by atoms with Gasteiger partial charge in [-0.15, -0.1) is 0 Å². The Morgan fingerprint density at radius 3 is 2.42 bits per heavy atom. The summed E-state index contributed by atoms with van der Waals surface area (Å²) in [6.45, 7) is 8.14. The summed E-state index contributed by atoms with van der Waals surface area (Å²) in [7, 11) is 0. The zero-order valence-corrected chi connectivity index (χ0v) is 11.9. The molecule has 106 valence electrons. The first-order valence-corrected chi connectivity index (χ1v) is 6.98. The molecule has 1 amide bonds. The van der Waals surface area contributed by atoms with E-state index < -0.39 is 0 Å². The Morgan fingerprint density at radius 1 is 1.26 bits per heavy atom. The Kier molecular flexibility index (Phi) is 7.15. The number of amides is 1. The monoisotopic (exact) mass is 263 g/mol. The second kappa shape index (κ2) is 8.67. The zero-order chi connectivity index (χ0) is 14.1. The first-order chi connectivity index (χ1) is 9.22. The van der Waals surface area contributed by atoms with Gasteiger partial charge in [-0.3, -0.25) is 4.79 Å². The molecule has 19 heavy (non-hydrogen) atoms. The molecule has 0 saturated heterocycles. The molecule has 0 heterocycles. The van der Waals surface area contributed by atoms with Crippen molar-refractivity contribution >= 4 is 5.91 Å². The lowest BCUT2D eigenvalue weighted by Crippen LogP contribution is -2.38. The van der Waals surface area contributed by atoms with Gasteiger partial charge < -0.3 is 16.0 Å². The van der Waals surface area contributed by atoms with Crippen LogP contribution in [0, 0.1) is 0 Å². The molecule has 0 bridgehead atoms. The second-order valence-corrected chi connectivity index (χ2v) is 4.52. The van der Waals surface area contributed by atoms with Gasteiger partial charge in [0.05, 0.1) is 5.92 Å². The lowest BCUT2D eigenvalue weighted by Gasteiger charge is -2.20. The molecule has 0 aliphatic heterocycles. The fraction of sp³-hybridized carbons (Fsp3) is 0.533. The van der Waals surface area contributed by atoms with E-state index in [1.165, 1.54) is 0 Å². The highest BCUT2D eigenvalue weighted by Crippen LogP contribution is 2.13. The Bertz CT molecular complexity index is 363. The number of rotatable bonds is 8. The molecule has 0 fully saturated rings. The topological polar surface area (TPSA) is 58.4 Å². The van der Waals surface area contributed by atoms with E-state index in [4.69, 9.17) is 5.73 Å². The zero-order valence-electron chi connectivity index (χ0n) is 11.9. The second-order valence-electron chi connectivity index (χ2n) is 4.52. The van der Waals surface area contributed by atoms with Crippen molar-refractivity contribution in [1.29, 1.82) is 0 Å². The summed E-state index contributed by atoms with van der Waals surface area (Å²) in [5, 5.41) is 2.97. The van der Waals surface area contributed by atoms with Crippen molar-refractivity contribution < 1.29 is 4.79 Å². The third-order valence-electron chi connectivity index (χ3n) is 3.38. The summed E-state index contributed by atoms with van der Waals surface area (Å²) in [5.41, 5.74) is 6.70. The highest BCUT2D eigenvalue weighted by molar-refractivity contribution is 5.83. The van der Waals surface area contributed by atoms with E-state index in [1.807, 2.05) is 30.3 Å². The molecule has 4 nitrogen and oxygen atoms in total. The molecule has 1 unspecified atom stereocenters. The van der Waals surface area contributed by atoms with Crippen molar-refractivity contribution in [2.45, 2.75) is 19.8 Å². The van der Waals surface area contributed by atoms with Crippen LogP contribution in [-0.2, 0) is 4.79 Å². The first-order valence-electron chi connectivity index (χ1n) is 6.98. The lowest BCUT2D eigenvalue weighted by molar-refractivity contribution is -0.122. The fourth-order valence-electron chi connectivity index (χ4n) is 2.08. The average Bonchev–Trinajstić information content (AvgIpc) is 2.45. The standard InChI is InChI=1S/C15H25N3O/c1-3-18(4-2)11-10-17-15(19)14(12-16)13-8-6-5-7-9-13/h5-9,14H,3-4,10-12,16H2,1-2H3,(H,17,19). The van der Waals surface area contributed by atoms with Gasteiger partial charge in [0.15, 0.2) is 0 Å². The van der Waals surface area contributed by atoms with Crippen molar-refractivity contribution in [3.8, 4) is 0 Å². The van der Waals surface area contributed by atoms with Crippen LogP contribution >= 0.6 is 0 Å². The molecule has 1 aromatic rings.